The van der Waals surface area contributed by atoms with Crippen LogP contribution in [-0.2, 0) is 9.53 Å². The van der Waals surface area contributed by atoms with Crippen molar-refractivity contribution in [3.63, 3.8) is 0 Å². The first-order valence-electron chi connectivity index (χ1n) is 6.34. The highest BCUT2D eigenvalue weighted by atomic mass is 16.5. The van der Waals surface area contributed by atoms with Crippen molar-refractivity contribution in [1.82, 2.24) is 0 Å². The Hall–Kier alpha value is -1.48. The molecule has 0 unspecified atom stereocenters. The maximum Gasteiger partial charge on any atom is 0.163 e. The molecular weight excluding hydrogens is 228 g/mol. The Kier molecular flexibility index (Phi) is 4.26. The van der Waals surface area contributed by atoms with Crippen molar-refractivity contribution >= 4 is 11.6 Å². The second-order valence-corrected chi connectivity index (χ2v) is 4.79. The minimum atomic E-state index is -0.170. The van der Waals surface area contributed by atoms with Crippen molar-refractivity contribution < 1.29 is 14.3 Å². The highest BCUT2D eigenvalue weighted by molar-refractivity contribution is 5.99. The molecule has 1 aromatic carbocycles. The topological polar surface area (TPSA) is 43.4 Å². The third-order valence-electron chi connectivity index (χ3n) is 3.58. The van der Waals surface area contributed by atoms with Gasteiger partial charge in [0.25, 0.3) is 0 Å². The van der Waals surface area contributed by atoms with E-state index in [1.165, 1.54) is 0 Å². The van der Waals surface area contributed by atoms with Gasteiger partial charge in [-0.05, 0) is 12.8 Å². The van der Waals surface area contributed by atoms with Crippen LogP contribution < -0.4 is 0 Å². The lowest BCUT2D eigenvalue weighted by Crippen LogP contribution is -2.30. The van der Waals surface area contributed by atoms with E-state index >= 15 is 0 Å². The number of benzene rings is 1. The molecule has 3 nitrogen and oxygen atoms in total. The van der Waals surface area contributed by atoms with Gasteiger partial charge in [0.2, 0.25) is 0 Å². The molecule has 1 saturated carbocycles. The first-order valence-corrected chi connectivity index (χ1v) is 6.34. The van der Waals surface area contributed by atoms with Crippen LogP contribution in [0.2, 0.25) is 0 Å². The van der Waals surface area contributed by atoms with E-state index in [1.54, 1.807) is 19.2 Å². The van der Waals surface area contributed by atoms with Crippen LogP contribution in [0.3, 0.4) is 0 Å². The van der Waals surface area contributed by atoms with Crippen molar-refractivity contribution in [3.8, 4) is 0 Å². The molecule has 1 aromatic rings. The number of methoxy groups -OCH3 is 1. The van der Waals surface area contributed by atoms with E-state index in [9.17, 15) is 9.59 Å². The molecule has 0 amide bonds. The summed E-state index contributed by atoms with van der Waals surface area (Å²) in [6, 6.07) is 9.15. The fourth-order valence-electron chi connectivity index (χ4n) is 2.45. The van der Waals surface area contributed by atoms with Crippen molar-refractivity contribution in [2.24, 2.45) is 5.92 Å². The van der Waals surface area contributed by atoms with E-state index < -0.39 is 0 Å². The lowest BCUT2D eigenvalue weighted by atomic mass is 9.82. The summed E-state index contributed by atoms with van der Waals surface area (Å²) in [4.78, 5) is 23.9. The average molecular weight is 246 g/mol. The average Bonchev–Trinajstić information content (AvgIpc) is 2.42. The minimum Gasteiger partial charge on any atom is -0.381 e. The van der Waals surface area contributed by atoms with E-state index in [-0.39, 0.29) is 23.6 Å². The second-order valence-electron chi connectivity index (χ2n) is 4.79. The van der Waals surface area contributed by atoms with Gasteiger partial charge in [0, 0.05) is 31.4 Å². The Morgan fingerprint density at radius 3 is 2.72 bits per heavy atom. The largest absolute Gasteiger partial charge is 0.381 e. The Balaban J connectivity index is 2.00. The van der Waals surface area contributed by atoms with Crippen LogP contribution in [0.5, 0.6) is 0 Å². The first kappa shape index (κ1) is 13.0. The van der Waals surface area contributed by atoms with Gasteiger partial charge in [-0.1, -0.05) is 30.3 Å². The van der Waals surface area contributed by atoms with Gasteiger partial charge in [0.15, 0.2) is 5.78 Å². The summed E-state index contributed by atoms with van der Waals surface area (Å²) in [7, 11) is 1.66. The van der Waals surface area contributed by atoms with Crippen molar-refractivity contribution in [1.29, 1.82) is 0 Å². The predicted molar refractivity (Wildman–Crippen MR) is 68.5 cm³/mol. The fraction of sp³-hybridized carbons (Fsp3) is 0.467. The van der Waals surface area contributed by atoms with Crippen LogP contribution in [-0.4, -0.2) is 24.8 Å². The molecule has 0 saturated heterocycles. The molecule has 0 heterocycles. The molecule has 2 atom stereocenters. The summed E-state index contributed by atoms with van der Waals surface area (Å²) < 4.78 is 5.29. The van der Waals surface area contributed by atoms with Gasteiger partial charge in [-0.15, -0.1) is 0 Å². The van der Waals surface area contributed by atoms with Gasteiger partial charge in [0.05, 0.1) is 6.10 Å². The van der Waals surface area contributed by atoms with Crippen molar-refractivity contribution in [3.05, 3.63) is 35.9 Å². The molecule has 96 valence electrons. The van der Waals surface area contributed by atoms with Crippen LogP contribution in [0.15, 0.2) is 30.3 Å². The molecule has 0 aromatic heterocycles. The summed E-state index contributed by atoms with van der Waals surface area (Å²) in [6.07, 6.45) is 2.42. The number of rotatable bonds is 4. The highest BCUT2D eigenvalue weighted by Gasteiger charge is 2.30. The van der Waals surface area contributed by atoms with Gasteiger partial charge in [-0.25, -0.2) is 0 Å². The summed E-state index contributed by atoms with van der Waals surface area (Å²) in [5.74, 6) is 0.0784. The summed E-state index contributed by atoms with van der Waals surface area (Å²) in [5, 5.41) is 0. The smallest absolute Gasteiger partial charge is 0.163 e. The van der Waals surface area contributed by atoms with Gasteiger partial charge in [0.1, 0.15) is 5.78 Å². The number of Topliss-reactive ketones (excluding diaryl/α,β-unsaturated/α-hetero) is 2. The van der Waals surface area contributed by atoms with E-state index in [2.05, 4.69) is 0 Å². The van der Waals surface area contributed by atoms with Crippen molar-refractivity contribution in [2.75, 3.05) is 7.11 Å². The third-order valence-corrected chi connectivity index (χ3v) is 3.58. The zero-order valence-corrected chi connectivity index (χ0v) is 10.6. The van der Waals surface area contributed by atoms with E-state index in [1.807, 2.05) is 18.2 Å². The predicted octanol–water partition coefficient (Wildman–Crippen LogP) is 2.64. The standard InChI is InChI=1S/C15H18O3/c1-18-13-7-8-14(16)12(9-13)10-15(17)11-5-3-2-4-6-11/h2-6,12-13H,7-10H2,1H3/t12-,13+/m0/s1. The highest BCUT2D eigenvalue weighted by Crippen LogP contribution is 2.26. The number of ketones is 2. The third kappa shape index (κ3) is 3.05. The quantitative estimate of drug-likeness (QED) is 0.767. The number of hydrogen-bond acceptors (Lipinski definition) is 3. The number of ether oxygens (including phenoxy) is 1. The molecule has 3 heteroatoms. The van der Waals surface area contributed by atoms with Gasteiger partial charge in [-0.2, -0.15) is 0 Å². The molecule has 0 bridgehead atoms. The van der Waals surface area contributed by atoms with E-state index in [0.717, 1.165) is 6.42 Å². The molecule has 18 heavy (non-hydrogen) atoms. The molecule has 0 N–H and O–H groups in total. The Morgan fingerprint density at radius 1 is 1.33 bits per heavy atom. The molecule has 1 aliphatic rings. The SMILES string of the molecule is CO[C@@H]1CCC(=O)[C@H](CC(=O)c2ccccc2)C1. The Labute approximate surface area is 107 Å². The van der Waals surface area contributed by atoms with E-state index in [4.69, 9.17) is 4.74 Å². The van der Waals surface area contributed by atoms with Gasteiger partial charge in [-0.3, -0.25) is 9.59 Å². The summed E-state index contributed by atoms with van der Waals surface area (Å²) in [5.41, 5.74) is 0.685. The molecular formula is C15H18O3. The van der Waals surface area contributed by atoms with Gasteiger partial charge >= 0.3 is 0 Å². The van der Waals surface area contributed by atoms with Crippen LogP contribution in [0.4, 0.5) is 0 Å². The van der Waals surface area contributed by atoms with Crippen LogP contribution >= 0.6 is 0 Å². The number of hydrogen-bond donors (Lipinski definition) is 0. The zero-order valence-electron chi connectivity index (χ0n) is 10.6. The Morgan fingerprint density at radius 2 is 2.06 bits per heavy atom. The monoisotopic (exact) mass is 246 g/mol. The first-order chi connectivity index (χ1) is 8.70. The maximum atomic E-state index is 12.1. The zero-order chi connectivity index (χ0) is 13.0. The molecule has 1 fully saturated rings. The normalized spacial score (nSPS) is 23.9. The fourth-order valence-corrected chi connectivity index (χ4v) is 2.45. The number of carbonyl (C=O) groups excluding carboxylic acids is 2. The Bertz CT molecular complexity index is 425. The second kappa shape index (κ2) is 5.91. The van der Waals surface area contributed by atoms with Crippen molar-refractivity contribution in [2.45, 2.75) is 31.8 Å². The van der Waals surface area contributed by atoms with E-state index in [0.29, 0.717) is 24.8 Å². The number of carbonyl (C=O) groups is 2. The molecule has 1 aliphatic carbocycles. The summed E-state index contributed by atoms with van der Waals surface area (Å²) >= 11 is 0. The molecule has 2 rings (SSSR count). The lowest BCUT2D eigenvalue weighted by molar-refractivity contribution is -0.127. The maximum absolute atomic E-state index is 12.1. The van der Waals surface area contributed by atoms with Crippen LogP contribution in [0, 0.1) is 5.92 Å². The molecule has 0 aliphatic heterocycles. The molecule has 0 radical (unpaired) electrons. The lowest BCUT2D eigenvalue weighted by Gasteiger charge is -2.26. The molecule has 0 spiro atoms. The summed E-state index contributed by atoms with van der Waals surface area (Å²) in [6.45, 7) is 0. The van der Waals surface area contributed by atoms with Crippen LogP contribution in [0.1, 0.15) is 36.0 Å². The van der Waals surface area contributed by atoms with Crippen LogP contribution in [0.25, 0.3) is 0 Å². The van der Waals surface area contributed by atoms with Gasteiger partial charge < -0.3 is 4.74 Å². The minimum absolute atomic E-state index is 0.0469.